The molecular weight excluding hydrogens is 471 g/mol. The summed E-state index contributed by atoms with van der Waals surface area (Å²) in [7, 11) is -3.21. The van der Waals surface area contributed by atoms with Gasteiger partial charge in [0.05, 0.1) is 40.3 Å². The van der Waals surface area contributed by atoms with Gasteiger partial charge in [0.1, 0.15) is 10.1 Å². The lowest BCUT2D eigenvalue weighted by Gasteiger charge is -2.21. The minimum Gasteiger partial charge on any atom is -0.303 e. The number of fused-ring (bicyclic) bond motifs is 1. The summed E-state index contributed by atoms with van der Waals surface area (Å²) >= 11 is 6.41. The Balaban J connectivity index is 1.55. The Morgan fingerprint density at radius 2 is 1.78 bits per heavy atom. The lowest BCUT2D eigenvalue weighted by molar-refractivity contribution is -0.123. The molecule has 3 heterocycles. The first-order valence-corrected chi connectivity index (χ1v) is 13.0. The highest BCUT2D eigenvalue weighted by atomic mass is 32.2. The smallest absolute Gasteiger partial charge is 0.267 e. The first-order chi connectivity index (χ1) is 15.3. The lowest BCUT2D eigenvalue weighted by Crippen LogP contribution is -2.39. The molecule has 5 rings (SSSR count). The summed E-state index contributed by atoms with van der Waals surface area (Å²) in [5.74, 6) is -1.40. The molecule has 3 aliphatic heterocycles. The van der Waals surface area contributed by atoms with Gasteiger partial charge in [-0.15, -0.1) is 0 Å². The fraction of sp³-hybridized carbons (Fsp3) is 0.227. The Morgan fingerprint density at radius 3 is 2.50 bits per heavy atom. The summed E-state index contributed by atoms with van der Waals surface area (Å²) in [5, 5.41) is 0. The number of nitrogens with zero attached hydrogens (tertiary/aromatic N) is 2. The number of hydrogen-bond acceptors (Lipinski definition) is 6. The summed E-state index contributed by atoms with van der Waals surface area (Å²) in [6.45, 7) is 0.0210. The fourth-order valence-electron chi connectivity index (χ4n) is 4.28. The quantitative estimate of drug-likeness (QED) is 0.488. The fourth-order valence-corrected chi connectivity index (χ4v) is 7.45. The van der Waals surface area contributed by atoms with E-state index in [1.807, 2.05) is 0 Å². The summed E-state index contributed by atoms with van der Waals surface area (Å²) in [5.41, 5.74) is 1.75. The average molecular weight is 489 g/mol. The number of amides is 2. The van der Waals surface area contributed by atoms with E-state index in [4.69, 9.17) is 12.2 Å². The topological polar surface area (TPSA) is 74.8 Å². The first-order valence-electron chi connectivity index (χ1n) is 9.91. The molecule has 164 valence electrons. The second-order valence-corrected chi connectivity index (χ2v) is 11.7. The van der Waals surface area contributed by atoms with Crippen molar-refractivity contribution in [3.05, 3.63) is 70.4 Å². The minimum absolute atomic E-state index is 0.0127. The molecular formula is C22H17FN2O4S3. The van der Waals surface area contributed by atoms with E-state index in [9.17, 15) is 22.4 Å². The van der Waals surface area contributed by atoms with Gasteiger partial charge in [-0.3, -0.25) is 14.5 Å². The molecule has 0 unspecified atom stereocenters. The average Bonchev–Trinajstić information content (AvgIpc) is 3.34. The van der Waals surface area contributed by atoms with E-state index >= 15 is 0 Å². The Bertz CT molecular complexity index is 1320. The van der Waals surface area contributed by atoms with Crippen LogP contribution in [0.3, 0.4) is 0 Å². The van der Waals surface area contributed by atoms with Gasteiger partial charge in [-0.25, -0.2) is 12.8 Å². The van der Waals surface area contributed by atoms with Crippen LogP contribution in [0, 0.1) is 5.82 Å². The second-order valence-electron chi connectivity index (χ2n) is 7.80. The van der Waals surface area contributed by atoms with Crippen LogP contribution < -0.4 is 4.90 Å². The molecule has 2 aromatic carbocycles. The molecule has 2 amide bonds. The zero-order valence-corrected chi connectivity index (χ0v) is 19.1. The molecule has 1 atom stereocenters. The number of thioether (sulfide) groups is 1. The molecule has 0 saturated carbocycles. The van der Waals surface area contributed by atoms with E-state index in [1.165, 1.54) is 15.9 Å². The maximum atomic E-state index is 14.3. The van der Waals surface area contributed by atoms with Gasteiger partial charge < -0.3 is 4.90 Å². The van der Waals surface area contributed by atoms with Gasteiger partial charge in [0, 0.05) is 11.1 Å². The second kappa shape index (κ2) is 7.79. The van der Waals surface area contributed by atoms with Gasteiger partial charge in [0.15, 0.2) is 9.84 Å². The van der Waals surface area contributed by atoms with Crippen molar-refractivity contribution in [2.24, 2.45) is 0 Å². The van der Waals surface area contributed by atoms with Crippen molar-refractivity contribution < 1.29 is 22.4 Å². The van der Waals surface area contributed by atoms with E-state index in [2.05, 4.69) is 0 Å². The van der Waals surface area contributed by atoms with Crippen molar-refractivity contribution in [3.8, 4) is 0 Å². The van der Waals surface area contributed by atoms with Gasteiger partial charge in [-0.2, -0.15) is 0 Å². The standard InChI is InChI=1S/C22H17FN2O4S3/c23-16-7-3-1-5-13(16)11-24-17-8-4-2-6-15(17)18(20(24)26)19-21(27)25(22(30)31-19)14-9-10-32(28,29)12-14/h1-8,14H,9-12H2/b19-18-/t14-/m0/s1. The van der Waals surface area contributed by atoms with Crippen LogP contribution in [0.15, 0.2) is 53.4 Å². The van der Waals surface area contributed by atoms with Crippen LogP contribution in [0.25, 0.3) is 5.57 Å². The highest BCUT2D eigenvalue weighted by molar-refractivity contribution is 8.26. The van der Waals surface area contributed by atoms with Gasteiger partial charge in [-0.1, -0.05) is 60.4 Å². The molecule has 3 aliphatic rings. The van der Waals surface area contributed by atoms with Crippen molar-refractivity contribution in [3.63, 3.8) is 0 Å². The number of para-hydroxylation sites is 1. The molecule has 2 fully saturated rings. The summed E-state index contributed by atoms with van der Waals surface area (Å²) in [4.78, 5) is 29.8. The largest absolute Gasteiger partial charge is 0.303 e. The lowest BCUT2D eigenvalue weighted by atomic mass is 10.1. The van der Waals surface area contributed by atoms with Crippen molar-refractivity contribution >= 4 is 61.2 Å². The van der Waals surface area contributed by atoms with Crippen molar-refractivity contribution in [2.45, 2.75) is 19.0 Å². The highest BCUT2D eigenvalue weighted by Crippen LogP contribution is 2.46. The van der Waals surface area contributed by atoms with Crippen LogP contribution in [-0.4, -0.2) is 47.0 Å². The van der Waals surface area contributed by atoms with E-state index < -0.39 is 33.5 Å². The Hall–Kier alpha value is -2.56. The number of anilines is 1. The molecule has 0 radical (unpaired) electrons. The Kier molecular flexibility index (Phi) is 5.18. The maximum Gasteiger partial charge on any atom is 0.267 e. The zero-order valence-electron chi connectivity index (χ0n) is 16.7. The van der Waals surface area contributed by atoms with E-state index in [-0.39, 0.29) is 32.8 Å². The number of rotatable bonds is 3. The van der Waals surface area contributed by atoms with Crippen LogP contribution >= 0.6 is 24.0 Å². The molecule has 0 spiro atoms. The number of halogens is 1. The van der Waals surface area contributed by atoms with Crippen molar-refractivity contribution in [2.75, 3.05) is 16.4 Å². The molecule has 32 heavy (non-hydrogen) atoms. The molecule has 0 aromatic heterocycles. The van der Waals surface area contributed by atoms with Crippen LogP contribution in [0.5, 0.6) is 0 Å². The number of carbonyl (C=O) groups is 2. The normalized spacial score (nSPS) is 24.5. The number of carbonyl (C=O) groups excluding carboxylic acids is 2. The molecule has 6 nitrogen and oxygen atoms in total. The van der Waals surface area contributed by atoms with E-state index in [0.29, 0.717) is 23.2 Å². The minimum atomic E-state index is -3.21. The third kappa shape index (κ3) is 3.46. The third-order valence-electron chi connectivity index (χ3n) is 5.81. The monoisotopic (exact) mass is 488 g/mol. The van der Waals surface area contributed by atoms with E-state index in [0.717, 1.165) is 11.8 Å². The van der Waals surface area contributed by atoms with Crippen LogP contribution in [0.2, 0.25) is 0 Å². The highest BCUT2D eigenvalue weighted by Gasteiger charge is 2.46. The predicted octanol–water partition coefficient (Wildman–Crippen LogP) is 3.13. The number of thiocarbonyl (C=S) groups is 1. The molecule has 10 heteroatoms. The SMILES string of the molecule is O=C1/C(=C2\SC(=S)N([C@H]3CCS(=O)(=O)C3)C2=O)c2ccccc2N1Cc1ccccc1F. The first kappa shape index (κ1) is 21.3. The zero-order chi connectivity index (χ0) is 22.6. The summed E-state index contributed by atoms with van der Waals surface area (Å²) < 4.78 is 38.3. The van der Waals surface area contributed by atoms with Crippen LogP contribution in [-0.2, 0) is 26.0 Å². The van der Waals surface area contributed by atoms with Crippen LogP contribution in [0.4, 0.5) is 10.1 Å². The Labute approximate surface area is 194 Å². The number of hydrogen-bond donors (Lipinski definition) is 0. The number of sulfone groups is 1. The molecule has 2 aromatic rings. The maximum absolute atomic E-state index is 14.3. The van der Waals surface area contributed by atoms with Crippen molar-refractivity contribution in [1.29, 1.82) is 0 Å². The molecule has 0 N–H and O–H groups in total. The number of benzene rings is 2. The summed E-state index contributed by atoms with van der Waals surface area (Å²) in [6, 6.07) is 12.8. The van der Waals surface area contributed by atoms with Gasteiger partial charge in [-0.05, 0) is 18.6 Å². The van der Waals surface area contributed by atoms with Crippen molar-refractivity contribution in [1.82, 2.24) is 4.90 Å². The Morgan fingerprint density at radius 1 is 1.06 bits per heavy atom. The van der Waals surface area contributed by atoms with Crippen LogP contribution in [0.1, 0.15) is 17.5 Å². The van der Waals surface area contributed by atoms with Gasteiger partial charge in [0.2, 0.25) is 0 Å². The third-order valence-corrected chi connectivity index (χ3v) is 8.96. The van der Waals surface area contributed by atoms with Gasteiger partial charge >= 0.3 is 0 Å². The molecule has 0 bridgehead atoms. The van der Waals surface area contributed by atoms with E-state index in [1.54, 1.807) is 42.5 Å². The molecule has 2 saturated heterocycles. The molecule has 0 aliphatic carbocycles. The summed E-state index contributed by atoms with van der Waals surface area (Å²) in [6.07, 6.45) is 0.321. The predicted molar refractivity (Wildman–Crippen MR) is 125 cm³/mol. The van der Waals surface area contributed by atoms with Gasteiger partial charge in [0.25, 0.3) is 11.8 Å².